The van der Waals surface area contributed by atoms with Crippen LogP contribution in [0.1, 0.15) is 39.5 Å². The van der Waals surface area contributed by atoms with Crippen LogP contribution in [0.5, 0.6) is 0 Å². The predicted molar refractivity (Wildman–Crippen MR) is 47.2 cm³/mol. The average Bonchev–Trinajstić information content (AvgIpc) is 2.39. The Bertz CT molecular complexity index is 164. The second-order valence-electron chi connectivity index (χ2n) is 4.98. The monoisotopic (exact) mass is 153 g/mol. The van der Waals surface area contributed by atoms with E-state index in [2.05, 4.69) is 13.8 Å². The van der Waals surface area contributed by atoms with Gasteiger partial charge in [-0.15, -0.1) is 0 Å². The van der Waals surface area contributed by atoms with Gasteiger partial charge in [-0.3, -0.25) is 0 Å². The summed E-state index contributed by atoms with van der Waals surface area (Å²) in [6.07, 6.45) is 5.65. The van der Waals surface area contributed by atoms with Crippen molar-refractivity contribution in [1.29, 1.82) is 0 Å². The summed E-state index contributed by atoms with van der Waals surface area (Å²) in [7, 11) is 0. The van der Waals surface area contributed by atoms with Crippen LogP contribution < -0.4 is 5.73 Å². The molecule has 2 N–H and O–H groups in total. The van der Waals surface area contributed by atoms with E-state index in [0.29, 0.717) is 10.8 Å². The molecule has 0 saturated heterocycles. The maximum Gasteiger partial charge on any atom is -0.00153 e. The predicted octanol–water partition coefficient (Wildman–Crippen LogP) is 2.16. The van der Waals surface area contributed by atoms with Gasteiger partial charge >= 0.3 is 0 Å². The lowest BCUT2D eigenvalue weighted by atomic mass is 9.69. The van der Waals surface area contributed by atoms with E-state index in [4.69, 9.17) is 5.73 Å². The largest absolute Gasteiger partial charge is 0.330 e. The maximum absolute atomic E-state index is 5.88. The Balaban J connectivity index is 2.34. The zero-order valence-corrected chi connectivity index (χ0v) is 7.69. The number of hydrogen-bond donors (Lipinski definition) is 1. The molecule has 2 fully saturated rings. The van der Waals surface area contributed by atoms with Crippen LogP contribution in [0.4, 0.5) is 0 Å². The van der Waals surface area contributed by atoms with Crippen LogP contribution in [0.2, 0.25) is 0 Å². The smallest absolute Gasteiger partial charge is 0.00153 e. The topological polar surface area (TPSA) is 26.0 Å². The zero-order chi connectivity index (χ0) is 8.11. The van der Waals surface area contributed by atoms with Crippen molar-refractivity contribution in [3.63, 3.8) is 0 Å². The van der Waals surface area contributed by atoms with E-state index < -0.39 is 0 Å². The summed E-state index contributed by atoms with van der Waals surface area (Å²) in [4.78, 5) is 0. The van der Waals surface area contributed by atoms with Gasteiger partial charge in [0.05, 0.1) is 0 Å². The molecular weight excluding hydrogens is 134 g/mol. The van der Waals surface area contributed by atoms with Gasteiger partial charge in [0.1, 0.15) is 0 Å². The molecule has 0 spiro atoms. The first-order valence-corrected chi connectivity index (χ1v) is 4.82. The van der Waals surface area contributed by atoms with Crippen LogP contribution in [0.25, 0.3) is 0 Å². The van der Waals surface area contributed by atoms with Crippen LogP contribution in [-0.2, 0) is 0 Å². The Morgan fingerprint density at radius 2 is 1.82 bits per heavy atom. The third-order valence-corrected chi connectivity index (χ3v) is 4.72. The van der Waals surface area contributed by atoms with Crippen molar-refractivity contribution in [3.05, 3.63) is 0 Å². The number of fused-ring (bicyclic) bond motifs is 2. The Labute approximate surface area is 69.4 Å². The molecule has 0 amide bonds. The molecule has 2 rings (SSSR count). The molecule has 0 aromatic rings. The fraction of sp³-hybridized carbons (Fsp3) is 1.00. The molecule has 2 saturated carbocycles. The van der Waals surface area contributed by atoms with E-state index in [-0.39, 0.29) is 0 Å². The van der Waals surface area contributed by atoms with Gasteiger partial charge in [-0.25, -0.2) is 0 Å². The highest BCUT2D eigenvalue weighted by molar-refractivity contribution is 5.08. The van der Waals surface area contributed by atoms with Gasteiger partial charge < -0.3 is 5.73 Å². The summed E-state index contributed by atoms with van der Waals surface area (Å²) in [5, 5.41) is 0. The molecule has 0 radical (unpaired) electrons. The van der Waals surface area contributed by atoms with Gasteiger partial charge in [0, 0.05) is 0 Å². The normalized spacial score (nSPS) is 46.6. The van der Waals surface area contributed by atoms with Gasteiger partial charge in [-0.2, -0.15) is 0 Å². The van der Waals surface area contributed by atoms with E-state index in [0.717, 1.165) is 12.5 Å². The highest BCUT2D eigenvalue weighted by Crippen LogP contribution is 2.65. The van der Waals surface area contributed by atoms with Crippen LogP contribution in [0.3, 0.4) is 0 Å². The third kappa shape index (κ3) is 0.703. The number of rotatable bonds is 1. The van der Waals surface area contributed by atoms with E-state index in [9.17, 15) is 0 Å². The molecule has 0 unspecified atom stereocenters. The second kappa shape index (κ2) is 2.01. The summed E-state index contributed by atoms with van der Waals surface area (Å²) in [5.41, 5.74) is 6.95. The first-order chi connectivity index (χ1) is 5.12. The Hall–Kier alpha value is -0.0400. The van der Waals surface area contributed by atoms with Gasteiger partial charge in [0.15, 0.2) is 0 Å². The lowest BCUT2D eigenvalue weighted by Crippen LogP contribution is -2.37. The van der Waals surface area contributed by atoms with Crippen LogP contribution in [0.15, 0.2) is 0 Å². The van der Waals surface area contributed by atoms with Crippen molar-refractivity contribution in [3.8, 4) is 0 Å². The summed E-state index contributed by atoms with van der Waals surface area (Å²) in [6.45, 7) is 5.76. The minimum atomic E-state index is 0.525. The van der Waals surface area contributed by atoms with Gasteiger partial charge in [-0.1, -0.05) is 13.8 Å². The lowest BCUT2D eigenvalue weighted by Gasteiger charge is -2.36. The molecule has 0 aromatic heterocycles. The molecule has 11 heavy (non-hydrogen) atoms. The zero-order valence-electron chi connectivity index (χ0n) is 7.69. The number of hydrogen-bond acceptors (Lipinski definition) is 1. The summed E-state index contributed by atoms with van der Waals surface area (Å²) < 4.78 is 0. The van der Waals surface area contributed by atoms with Crippen molar-refractivity contribution < 1.29 is 0 Å². The van der Waals surface area contributed by atoms with Crippen molar-refractivity contribution in [2.75, 3.05) is 6.54 Å². The molecule has 0 aliphatic heterocycles. The number of nitrogens with two attached hydrogens (primary N) is 1. The quantitative estimate of drug-likeness (QED) is 0.614. The highest BCUT2D eigenvalue weighted by atomic mass is 14.7. The fourth-order valence-corrected chi connectivity index (χ4v) is 3.44. The maximum atomic E-state index is 5.88. The van der Waals surface area contributed by atoms with Gasteiger partial charge in [-0.05, 0) is 49.0 Å². The molecule has 2 bridgehead atoms. The minimum Gasteiger partial charge on any atom is -0.330 e. The second-order valence-corrected chi connectivity index (χ2v) is 4.98. The molecular formula is C10H19N. The van der Waals surface area contributed by atoms with E-state index in [1.807, 2.05) is 0 Å². The van der Waals surface area contributed by atoms with Crippen LogP contribution in [0, 0.1) is 16.7 Å². The first-order valence-electron chi connectivity index (χ1n) is 4.82. The lowest BCUT2D eigenvalue weighted by molar-refractivity contribution is 0.138. The molecule has 1 nitrogen and oxygen atoms in total. The SMILES string of the molecule is CC1(C)C2CCC1(CN)CC2. The minimum absolute atomic E-state index is 0.525. The molecule has 2 aliphatic carbocycles. The van der Waals surface area contributed by atoms with Crippen molar-refractivity contribution in [2.45, 2.75) is 39.5 Å². The van der Waals surface area contributed by atoms with Crippen molar-refractivity contribution in [2.24, 2.45) is 22.5 Å². The average molecular weight is 153 g/mol. The standard InChI is InChI=1S/C10H19N/c1-9(2)8-3-5-10(9,7-11)6-4-8/h8H,3-7,11H2,1-2H3. The highest BCUT2D eigenvalue weighted by Gasteiger charge is 2.57. The molecule has 0 aromatic carbocycles. The van der Waals surface area contributed by atoms with Crippen molar-refractivity contribution in [1.82, 2.24) is 0 Å². The third-order valence-electron chi connectivity index (χ3n) is 4.72. The van der Waals surface area contributed by atoms with Crippen molar-refractivity contribution >= 4 is 0 Å². The Morgan fingerprint density at radius 3 is 2.00 bits per heavy atom. The summed E-state index contributed by atoms with van der Waals surface area (Å²) in [5.74, 6) is 0.978. The van der Waals surface area contributed by atoms with Gasteiger partial charge in [0.2, 0.25) is 0 Å². The van der Waals surface area contributed by atoms with Crippen LogP contribution >= 0.6 is 0 Å². The Kier molecular flexibility index (Phi) is 1.39. The molecule has 0 heterocycles. The fourth-order valence-electron chi connectivity index (χ4n) is 3.44. The van der Waals surface area contributed by atoms with E-state index >= 15 is 0 Å². The van der Waals surface area contributed by atoms with Crippen LogP contribution in [-0.4, -0.2) is 6.54 Å². The summed E-state index contributed by atoms with van der Waals surface area (Å²) >= 11 is 0. The van der Waals surface area contributed by atoms with Gasteiger partial charge in [0.25, 0.3) is 0 Å². The molecule has 64 valence electrons. The Morgan fingerprint density at radius 1 is 1.27 bits per heavy atom. The summed E-state index contributed by atoms with van der Waals surface area (Å²) in [6, 6.07) is 0. The van der Waals surface area contributed by atoms with E-state index in [1.165, 1.54) is 25.7 Å². The van der Waals surface area contributed by atoms with E-state index in [1.54, 1.807) is 0 Å². The molecule has 0 atom stereocenters. The first kappa shape index (κ1) is 7.60. The molecule has 2 aliphatic rings. The molecule has 1 heteroatoms.